The normalized spacial score (nSPS) is 12.0. The first-order valence-corrected chi connectivity index (χ1v) is 12.1. The van der Waals surface area contributed by atoms with Crippen molar-refractivity contribution >= 4 is 17.7 Å². The Labute approximate surface area is 202 Å². The van der Waals surface area contributed by atoms with E-state index < -0.39 is 0 Å². The van der Waals surface area contributed by atoms with Crippen LogP contribution in [0.4, 0.5) is 0 Å². The summed E-state index contributed by atoms with van der Waals surface area (Å²) in [6.45, 7) is 1.38. The maximum absolute atomic E-state index is 12.5. The topological polar surface area (TPSA) is 78.3 Å². The van der Waals surface area contributed by atoms with Gasteiger partial charge in [0.25, 0.3) is 0 Å². The van der Waals surface area contributed by atoms with Crippen molar-refractivity contribution in [3.05, 3.63) is 90.0 Å². The number of thioether (sulfide) groups is 1. The fourth-order valence-electron chi connectivity index (χ4n) is 3.73. The van der Waals surface area contributed by atoms with Gasteiger partial charge in [0.05, 0.1) is 12.3 Å². The number of carbonyl (C=O) groups is 1. The summed E-state index contributed by atoms with van der Waals surface area (Å²) in [7, 11) is 0. The summed E-state index contributed by atoms with van der Waals surface area (Å²) in [5, 5.41) is 12.5. The number of amides is 1. The lowest BCUT2D eigenvalue weighted by Crippen LogP contribution is -2.27. The minimum atomic E-state index is -0.0279. The number of nitrogens with zero attached hydrogens (tertiary/aromatic N) is 3. The quantitative estimate of drug-likeness (QED) is 0.369. The third-order valence-corrected chi connectivity index (χ3v) is 6.40. The number of hydrogen-bond donors (Lipinski definition) is 1. The van der Waals surface area contributed by atoms with E-state index >= 15 is 0 Å². The molecule has 34 heavy (non-hydrogen) atoms. The lowest BCUT2D eigenvalue weighted by molar-refractivity contribution is -0.118. The Hall–Kier alpha value is -3.78. The average molecular weight is 473 g/mol. The van der Waals surface area contributed by atoms with Crippen molar-refractivity contribution in [2.45, 2.75) is 18.1 Å². The molecule has 0 fully saturated rings. The van der Waals surface area contributed by atoms with Gasteiger partial charge >= 0.3 is 0 Å². The number of carbonyl (C=O) groups excluding carboxylic acids is 1. The molecule has 0 saturated carbocycles. The average Bonchev–Trinajstić information content (AvgIpc) is 3.50. The van der Waals surface area contributed by atoms with Gasteiger partial charge in [-0.05, 0) is 29.7 Å². The minimum absolute atomic E-state index is 0.0279. The van der Waals surface area contributed by atoms with Crippen molar-refractivity contribution in [1.82, 2.24) is 20.1 Å². The third-order valence-electron chi connectivity index (χ3n) is 5.44. The second-order valence-electron chi connectivity index (χ2n) is 7.82. The molecular weight excluding hydrogens is 448 g/mol. The second-order valence-corrected chi connectivity index (χ2v) is 8.76. The van der Waals surface area contributed by atoms with E-state index in [1.54, 1.807) is 0 Å². The van der Waals surface area contributed by atoms with Crippen LogP contribution in [0.2, 0.25) is 0 Å². The number of rotatable bonds is 9. The molecule has 4 aromatic rings. The molecule has 0 aliphatic carbocycles. The summed E-state index contributed by atoms with van der Waals surface area (Å²) in [5.41, 5.74) is 3.21. The summed E-state index contributed by atoms with van der Waals surface area (Å²) in [6.07, 6.45) is 0.801. The standard InChI is InChI=1S/C26H24N4O3S/c31-24(27-14-13-19-7-3-1-4-8-19)17-34-26-29-28-25(21-9-5-2-6-10-21)30(26)16-20-11-12-22-23(15-20)33-18-32-22/h1-12,15H,13-14,16-18H2,(H,27,31). The molecule has 5 rings (SSSR count). The predicted octanol–water partition coefficient (Wildman–Crippen LogP) is 4.17. The van der Waals surface area contributed by atoms with Crippen LogP contribution in [0.1, 0.15) is 11.1 Å². The van der Waals surface area contributed by atoms with E-state index in [2.05, 4.69) is 27.6 Å². The molecule has 1 amide bonds. The van der Waals surface area contributed by atoms with Crippen LogP contribution in [0.5, 0.6) is 11.5 Å². The van der Waals surface area contributed by atoms with Gasteiger partial charge in [-0.1, -0.05) is 78.5 Å². The largest absolute Gasteiger partial charge is 0.454 e. The van der Waals surface area contributed by atoms with Crippen LogP contribution in [0.3, 0.4) is 0 Å². The molecule has 0 radical (unpaired) electrons. The van der Waals surface area contributed by atoms with Gasteiger partial charge in [0, 0.05) is 12.1 Å². The SMILES string of the molecule is O=C(CSc1nnc(-c2ccccc2)n1Cc1ccc2c(c1)OCO2)NCCc1ccccc1. The molecule has 0 atom stereocenters. The molecule has 0 bridgehead atoms. The van der Waals surface area contributed by atoms with Gasteiger partial charge in [-0.2, -0.15) is 0 Å². The highest BCUT2D eigenvalue weighted by molar-refractivity contribution is 7.99. The Morgan fingerprint density at radius 2 is 1.68 bits per heavy atom. The van der Waals surface area contributed by atoms with Gasteiger partial charge in [0.1, 0.15) is 0 Å². The van der Waals surface area contributed by atoms with E-state index in [-0.39, 0.29) is 18.5 Å². The molecule has 3 aromatic carbocycles. The summed E-state index contributed by atoms with van der Waals surface area (Å²) in [6, 6.07) is 25.9. The molecule has 1 N–H and O–H groups in total. The van der Waals surface area contributed by atoms with E-state index in [4.69, 9.17) is 9.47 Å². The maximum Gasteiger partial charge on any atom is 0.231 e. The lowest BCUT2D eigenvalue weighted by Gasteiger charge is -2.11. The van der Waals surface area contributed by atoms with Crippen molar-refractivity contribution in [3.8, 4) is 22.9 Å². The molecule has 172 valence electrons. The molecule has 1 aliphatic rings. The molecular formula is C26H24N4O3S. The predicted molar refractivity (Wildman–Crippen MR) is 131 cm³/mol. The van der Waals surface area contributed by atoms with Gasteiger partial charge < -0.3 is 14.8 Å². The Balaban J connectivity index is 1.28. The molecule has 7 nitrogen and oxygen atoms in total. The molecule has 2 heterocycles. The first kappa shape index (κ1) is 22.0. The van der Waals surface area contributed by atoms with Crippen LogP contribution in [0.25, 0.3) is 11.4 Å². The summed E-state index contributed by atoms with van der Waals surface area (Å²) < 4.78 is 13.0. The van der Waals surface area contributed by atoms with Gasteiger partial charge in [0.2, 0.25) is 12.7 Å². The van der Waals surface area contributed by atoms with E-state index in [1.165, 1.54) is 17.3 Å². The molecule has 1 aromatic heterocycles. The van der Waals surface area contributed by atoms with Crippen LogP contribution in [0, 0.1) is 0 Å². The van der Waals surface area contributed by atoms with Crippen molar-refractivity contribution in [2.75, 3.05) is 19.1 Å². The first-order valence-electron chi connectivity index (χ1n) is 11.1. The number of nitrogens with one attached hydrogen (secondary N) is 1. The fraction of sp³-hybridized carbons (Fsp3) is 0.192. The molecule has 1 aliphatic heterocycles. The van der Waals surface area contributed by atoms with Crippen molar-refractivity contribution in [2.24, 2.45) is 0 Å². The van der Waals surface area contributed by atoms with Crippen LogP contribution in [-0.4, -0.2) is 39.8 Å². The van der Waals surface area contributed by atoms with Gasteiger partial charge in [0.15, 0.2) is 22.5 Å². The first-order chi connectivity index (χ1) is 16.8. The van der Waals surface area contributed by atoms with Crippen molar-refractivity contribution in [3.63, 3.8) is 0 Å². The van der Waals surface area contributed by atoms with E-state index in [9.17, 15) is 4.79 Å². The van der Waals surface area contributed by atoms with E-state index in [0.717, 1.165) is 34.9 Å². The van der Waals surface area contributed by atoms with Crippen LogP contribution < -0.4 is 14.8 Å². The zero-order valence-electron chi connectivity index (χ0n) is 18.5. The van der Waals surface area contributed by atoms with Crippen LogP contribution in [0.15, 0.2) is 84.0 Å². The lowest BCUT2D eigenvalue weighted by atomic mass is 10.1. The smallest absolute Gasteiger partial charge is 0.231 e. The maximum atomic E-state index is 12.5. The monoisotopic (exact) mass is 472 g/mol. The molecule has 0 unspecified atom stereocenters. The zero-order chi connectivity index (χ0) is 23.2. The number of fused-ring (bicyclic) bond motifs is 1. The Bertz CT molecular complexity index is 1260. The fourth-order valence-corrected chi connectivity index (χ4v) is 4.50. The highest BCUT2D eigenvalue weighted by atomic mass is 32.2. The highest BCUT2D eigenvalue weighted by Gasteiger charge is 2.18. The number of benzene rings is 3. The van der Waals surface area contributed by atoms with Gasteiger partial charge in [-0.3, -0.25) is 9.36 Å². The Kier molecular flexibility index (Phi) is 6.76. The van der Waals surface area contributed by atoms with E-state index in [0.29, 0.717) is 18.2 Å². The number of hydrogen-bond acceptors (Lipinski definition) is 6. The Morgan fingerprint density at radius 1 is 0.912 bits per heavy atom. The molecule has 8 heteroatoms. The minimum Gasteiger partial charge on any atom is -0.454 e. The number of aromatic nitrogens is 3. The van der Waals surface area contributed by atoms with Gasteiger partial charge in [-0.15, -0.1) is 10.2 Å². The van der Waals surface area contributed by atoms with Crippen LogP contribution in [-0.2, 0) is 17.8 Å². The summed E-state index contributed by atoms with van der Waals surface area (Å²) >= 11 is 1.38. The van der Waals surface area contributed by atoms with Crippen molar-refractivity contribution in [1.29, 1.82) is 0 Å². The zero-order valence-corrected chi connectivity index (χ0v) is 19.3. The van der Waals surface area contributed by atoms with Crippen LogP contribution >= 0.6 is 11.8 Å². The summed E-state index contributed by atoms with van der Waals surface area (Å²) in [5.74, 6) is 2.48. The number of ether oxygens (including phenoxy) is 2. The third kappa shape index (κ3) is 5.23. The van der Waals surface area contributed by atoms with Crippen molar-refractivity contribution < 1.29 is 14.3 Å². The summed E-state index contributed by atoms with van der Waals surface area (Å²) in [4.78, 5) is 12.5. The molecule has 0 spiro atoms. The second kappa shape index (κ2) is 10.4. The highest BCUT2D eigenvalue weighted by Crippen LogP contribution is 2.33. The van der Waals surface area contributed by atoms with E-state index in [1.807, 2.05) is 71.3 Å². The van der Waals surface area contributed by atoms with Gasteiger partial charge in [-0.25, -0.2) is 0 Å². The Morgan fingerprint density at radius 3 is 2.50 bits per heavy atom. The molecule has 0 saturated heterocycles.